The van der Waals surface area contributed by atoms with Crippen LogP contribution >= 0.6 is 11.6 Å². The van der Waals surface area contributed by atoms with Crippen LogP contribution in [0.25, 0.3) is 0 Å². The Balaban J connectivity index is 2.99. The van der Waals surface area contributed by atoms with Crippen molar-refractivity contribution in [3.8, 4) is 6.01 Å². The SMILES string of the molecule is CCCN(CC(=O)OC)c1nc(OC)ncc1Cl. The molecule has 0 radical (unpaired) electrons. The van der Waals surface area contributed by atoms with Crippen molar-refractivity contribution in [1.29, 1.82) is 0 Å². The molecule has 0 aliphatic heterocycles. The molecule has 1 aromatic rings. The van der Waals surface area contributed by atoms with Gasteiger partial charge in [-0.15, -0.1) is 0 Å². The molecule has 1 rings (SSSR count). The lowest BCUT2D eigenvalue weighted by atomic mass is 10.4. The Morgan fingerprint density at radius 3 is 2.78 bits per heavy atom. The molecule has 6 nitrogen and oxygen atoms in total. The number of rotatable bonds is 6. The van der Waals surface area contributed by atoms with Gasteiger partial charge in [0, 0.05) is 6.54 Å². The lowest BCUT2D eigenvalue weighted by molar-refractivity contribution is -0.138. The monoisotopic (exact) mass is 273 g/mol. The third-order valence-electron chi connectivity index (χ3n) is 2.23. The normalized spacial score (nSPS) is 10.0. The largest absolute Gasteiger partial charge is 0.468 e. The number of halogens is 1. The minimum atomic E-state index is -0.350. The highest BCUT2D eigenvalue weighted by molar-refractivity contribution is 6.32. The summed E-state index contributed by atoms with van der Waals surface area (Å²) < 4.78 is 9.59. The van der Waals surface area contributed by atoms with Gasteiger partial charge in [0.05, 0.1) is 20.4 Å². The molecule has 0 aliphatic carbocycles. The molecule has 0 saturated carbocycles. The third kappa shape index (κ3) is 3.73. The van der Waals surface area contributed by atoms with Crippen molar-refractivity contribution in [2.24, 2.45) is 0 Å². The fraction of sp³-hybridized carbons (Fsp3) is 0.545. The number of nitrogens with zero attached hydrogens (tertiary/aromatic N) is 3. The van der Waals surface area contributed by atoms with Crippen LogP contribution in [0.1, 0.15) is 13.3 Å². The van der Waals surface area contributed by atoms with Crippen LogP contribution in [0.3, 0.4) is 0 Å². The van der Waals surface area contributed by atoms with Crippen LogP contribution in [-0.2, 0) is 9.53 Å². The number of esters is 1. The van der Waals surface area contributed by atoms with Gasteiger partial charge in [-0.05, 0) is 6.42 Å². The number of hydrogen-bond acceptors (Lipinski definition) is 6. The summed E-state index contributed by atoms with van der Waals surface area (Å²) in [7, 11) is 2.81. The van der Waals surface area contributed by atoms with Crippen LogP contribution < -0.4 is 9.64 Å². The summed E-state index contributed by atoms with van der Waals surface area (Å²) in [5, 5.41) is 0.369. The van der Waals surface area contributed by atoms with Crippen molar-refractivity contribution >= 4 is 23.4 Å². The van der Waals surface area contributed by atoms with Crippen molar-refractivity contribution in [2.45, 2.75) is 13.3 Å². The minimum absolute atomic E-state index is 0.0875. The number of anilines is 1. The number of hydrogen-bond donors (Lipinski definition) is 0. The first-order chi connectivity index (χ1) is 8.62. The van der Waals surface area contributed by atoms with Gasteiger partial charge in [0.2, 0.25) is 0 Å². The molecular formula is C11H16ClN3O3. The molecule has 0 amide bonds. The molecule has 1 heterocycles. The smallest absolute Gasteiger partial charge is 0.325 e. The second kappa shape index (κ2) is 7.00. The Labute approximate surface area is 111 Å². The van der Waals surface area contributed by atoms with Gasteiger partial charge in [-0.2, -0.15) is 4.98 Å². The molecule has 0 atom stereocenters. The predicted octanol–water partition coefficient (Wildman–Crippen LogP) is 1.53. The molecular weight excluding hydrogens is 258 g/mol. The Morgan fingerprint density at radius 1 is 1.50 bits per heavy atom. The van der Waals surface area contributed by atoms with Gasteiger partial charge in [-0.3, -0.25) is 4.79 Å². The number of carbonyl (C=O) groups is 1. The van der Waals surface area contributed by atoms with E-state index >= 15 is 0 Å². The summed E-state index contributed by atoms with van der Waals surface area (Å²) in [5.41, 5.74) is 0. The van der Waals surface area contributed by atoms with Gasteiger partial charge in [0.15, 0.2) is 5.82 Å². The van der Waals surface area contributed by atoms with E-state index in [2.05, 4.69) is 14.7 Å². The van der Waals surface area contributed by atoms with E-state index in [1.54, 1.807) is 4.90 Å². The molecule has 0 bridgehead atoms. The maximum absolute atomic E-state index is 11.4. The Bertz CT molecular complexity index is 415. The summed E-state index contributed by atoms with van der Waals surface area (Å²) in [4.78, 5) is 21.1. The van der Waals surface area contributed by atoms with Gasteiger partial charge in [0.25, 0.3) is 0 Å². The van der Waals surface area contributed by atoms with Gasteiger partial charge in [-0.25, -0.2) is 4.98 Å². The van der Waals surface area contributed by atoms with Crippen molar-refractivity contribution < 1.29 is 14.3 Å². The maximum atomic E-state index is 11.4. The first-order valence-corrected chi connectivity index (χ1v) is 5.88. The van der Waals surface area contributed by atoms with Crippen LogP contribution in [0.5, 0.6) is 6.01 Å². The fourth-order valence-electron chi connectivity index (χ4n) is 1.41. The molecule has 0 aromatic carbocycles. The van der Waals surface area contributed by atoms with E-state index in [0.717, 1.165) is 6.42 Å². The highest BCUT2D eigenvalue weighted by Crippen LogP contribution is 2.24. The molecule has 0 fully saturated rings. The molecule has 18 heavy (non-hydrogen) atoms. The Hall–Kier alpha value is -1.56. The molecule has 0 aliphatic rings. The average Bonchev–Trinajstić information content (AvgIpc) is 2.38. The Morgan fingerprint density at radius 2 is 2.22 bits per heavy atom. The van der Waals surface area contributed by atoms with Gasteiger partial charge >= 0.3 is 12.0 Å². The van der Waals surface area contributed by atoms with E-state index in [9.17, 15) is 4.79 Å². The van der Waals surface area contributed by atoms with E-state index in [-0.39, 0.29) is 18.5 Å². The van der Waals surface area contributed by atoms with Gasteiger partial charge in [-0.1, -0.05) is 18.5 Å². The van der Waals surface area contributed by atoms with Crippen molar-refractivity contribution in [3.63, 3.8) is 0 Å². The predicted molar refractivity (Wildman–Crippen MR) is 68.1 cm³/mol. The zero-order valence-corrected chi connectivity index (χ0v) is 11.4. The lowest BCUT2D eigenvalue weighted by Gasteiger charge is -2.22. The molecule has 0 unspecified atom stereocenters. The van der Waals surface area contributed by atoms with E-state index < -0.39 is 0 Å². The second-order valence-corrected chi connectivity index (χ2v) is 3.93. The lowest BCUT2D eigenvalue weighted by Crippen LogP contribution is -2.32. The molecule has 0 spiro atoms. The van der Waals surface area contributed by atoms with E-state index in [4.69, 9.17) is 16.3 Å². The first kappa shape index (κ1) is 14.5. The van der Waals surface area contributed by atoms with Gasteiger partial charge in [0.1, 0.15) is 11.6 Å². The second-order valence-electron chi connectivity index (χ2n) is 3.53. The first-order valence-electron chi connectivity index (χ1n) is 5.50. The highest BCUT2D eigenvalue weighted by atomic mass is 35.5. The quantitative estimate of drug-likeness (QED) is 0.733. The average molecular weight is 274 g/mol. The number of methoxy groups -OCH3 is 2. The zero-order chi connectivity index (χ0) is 13.5. The molecule has 100 valence electrons. The van der Waals surface area contributed by atoms with Crippen LogP contribution in [0, 0.1) is 0 Å². The highest BCUT2D eigenvalue weighted by Gasteiger charge is 2.17. The summed E-state index contributed by atoms with van der Waals surface area (Å²) in [6.07, 6.45) is 2.29. The van der Waals surface area contributed by atoms with E-state index in [1.165, 1.54) is 20.4 Å². The van der Waals surface area contributed by atoms with Crippen molar-refractivity contribution in [2.75, 3.05) is 32.2 Å². The van der Waals surface area contributed by atoms with Crippen LogP contribution in [0.4, 0.5) is 5.82 Å². The third-order valence-corrected chi connectivity index (χ3v) is 2.49. The van der Waals surface area contributed by atoms with Crippen molar-refractivity contribution in [3.05, 3.63) is 11.2 Å². The summed E-state index contributed by atoms with van der Waals surface area (Å²) in [5.74, 6) is 0.118. The molecule has 0 saturated heterocycles. The Kier molecular flexibility index (Phi) is 5.64. The van der Waals surface area contributed by atoms with Crippen molar-refractivity contribution in [1.82, 2.24) is 9.97 Å². The standard InChI is InChI=1S/C11H16ClN3O3/c1-4-5-15(7-9(16)17-2)10-8(12)6-13-11(14-10)18-3/h6H,4-5,7H2,1-3H3. The fourth-order valence-corrected chi connectivity index (χ4v) is 1.62. The zero-order valence-electron chi connectivity index (χ0n) is 10.6. The van der Waals surface area contributed by atoms with E-state index in [1.807, 2.05) is 6.92 Å². The maximum Gasteiger partial charge on any atom is 0.325 e. The molecule has 0 N–H and O–H groups in total. The number of ether oxygens (including phenoxy) is 2. The summed E-state index contributed by atoms with van der Waals surface area (Å²) >= 11 is 6.04. The molecule has 1 aromatic heterocycles. The van der Waals surface area contributed by atoms with Gasteiger partial charge < -0.3 is 14.4 Å². The number of carbonyl (C=O) groups excluding carboxylic acids is 1. The summed E-state index contributed by atoms with van der Waals surface area (Å²) in [6.45, 7) is 2.72. The van der Waals surface area contributed by atoms with Crippen LogP contribution in [0.15, 0.2) is 6.20 Å². The minimum Gasteiger partial charge on any atom is -0.468 e. The van der Waals surface area contributed by atoms with E-state index in [0.29, 0.717) is 17.4 Å². The molecule has 7 heteroatoms. The summed E-state index contributed by atoms with van der Waals surface area (Å²) in [6, 6.07) is 0.209. The topological polar surface area (TPSA) is 64.6 Å². The number of aromatic nitrogens is 2. The van der Waals surface area contributed by atoms with Crippen LogP contribution in [0.2, 0.25) is 5.02 Å². The van der Waals surface area contributed by atoms with Crippen LogP contribution in [-0.4, -0.2) is 43.2 Å².